The third-order valence-electron chi connectivity index (χ3n) is 3.07. The van der Waals surface area contributed by atoms with E-state index in [1.807, 2.05) is 36.5 Å². The molecule has 10 nitrogen and oxygen atoms in total. The van der Waals surface area contributed by atoms with Crippen LogP contribution >= 0.6 is 0 Å². The zero-order valence-corrected chi connectivity index (χ0v) is 14.7. The van der Waals surface area contributed by atoms with E-state index in [2.05, 4.69) is 20.7 Å². The van der Waals surface area contributed by atoms with Gasteiger partial charge < -0.3 is 10.1 Å². The molecule has 0 spiro atoms. The molecule has 0 saturated heterocycles. The van der Waals surface area contributed by atoms with Crippen molar-refractivity contribution in [1.82, 2.24) is 30.8 Å². The van der Waals surface area contributed by atoms with Crippen molar-refractivity contribution < 1.29 is 19.1 Å². The number of rotatable bonds is 6. The highest BCUT2D eigenvalue weighted by molar-refractivity contribution is 5.95. The lowest BCUT2D eigenvalue weighted by Gasteiger charge is -2.09. The van der Waals surface area contributed by atoms with E-state index in [4.69, 9.17) is 4.74 Å². The van der Waals surface area contributed by atoms with Gasteiger partial charge in [0, 0.05) is 11.6 Å². The van der Waals surface area contributed by atoms with Crippen LogP contribution in [0.15, 0.2) is 24.3 Å². The predicted molar refractivity (Wildman–Crippen MR) is 90.8 cm³/mol. The second kappa shape index (κ2) is 8.70. The second-order valence-electron chi connectivity index (χ2n) is 5.85. The van der Waals surface area contributed by atoms with Gasteiger partial charge in [0.05, 0.1) is 0 Å². The molecule has 0 radical (unpaired) electrons. The Morgan fingerprint density at radius 2 is 1.88 bits per heavy atom. The van der Waals surface area contributed by atoms with Crippen molar-refractivity contribution in [2.24, 2.45) is 0 Å². The second-order valence-corrected chi connectivity index (χ2v) is 5.85. The van der Waals surface area contributed by atoms with Crippen molar-refractivity contribution in [3.63, 3.8) is 0 Å². The van der Waals surface area contributed by atoms with Crippen LogP contribution in [0.2, 0.25) is 0 Å². The van der Waals surface area contributed by atoms with Gasteiger partial charge in [-0.25, -0.2) is 9.59 Å². The van der Waals surface area contributed by atoms with Gasteiger partial charge in [-0.1, -0.05) is 29.8 Å². The van der Waals surface area contributed by atoms with E-state index in [1.165, 1.54) is 0 Å². The van der Waals surface area contributed by atoms with Crippen molar-refractivity contribution in [3.8, 4) is 11.4 Å². The molecule has 138 valence electrons. The first kappa shape index (κ1) is 19.0. The number of urea groups is 1. The summed E-state index contributed by atoms with van der Waals surface area (Å²) < 4.78 is 4.78. The van der Waals surface area contributed by atoms with Crippen molar-refractivity contribution in [1.29, 1.82) is 0 Å². The number of imide groups is 1. The molecular weight excluding hydrogens is 340 g/mol. The van der Waals surface area contributed by atoms with Gasteiger partial charge >= 0.3 is 12.0 Å². The van der Waals surface area contributed by atoms with Gasteiger partial charge in [0.2, 0.25) is 5.82 Å². The fourth-order valence-corrected chi connectivity index (χ4v) is 1.90. The fraction of sp³-hybridized carbons (Fsp3) is 0.375. The summed E-state index contributed by atoms with van der Waals surface area (Å²) >= 11 is 0. The minimum Gasteiger partial charge on any atom is -0.454 e. The van der Waals surface area contributed by atoms with Gasteiger partial charge in [-0.15, -0.1) is 10.2 Å². The van der Waals surface area contributed by atoms with E-state index in [1.54, 1.807) is 13.8 Å². The Morgan fingerprint density at radius 3 is 2.54 bits per heavy atom. The average molecular weight is 360 g/mol. The van der Waals surface area contributed by atoms with Crippen molar-refractivity contribution in [2.75, 3.05) is 6.61 Å². The minimum absolute atomic E-state index is 0.119. The molecule has 10 heteroatoms. The zero-order chi connectivity index (χ0) is 19.1. The quantitative estimate of drug-likeness (QED) is 0.715. The number of carbonyl (C=O) groups is 3. The number of esters is 1. The van der Waals surface area contributed by atoms with E-state index in [0.717, 1.165) is 15.9 Å². The molecule has 1 aromatic carbocycles. The number of tetrazole rings is 1. The predicted octanol–water partition coefficient (Wildman–Crippen LogP) is 0.426. The number of ether oxygens (including phenoxy) is 1. The topological polar surface area (TPSA) is 128 Å². The molecule has 0 fully saturated rings. The van der Waals surface area contributed by atoms with Gasteiger partial charge in [0.15, 0.2) is 13.2 Å². The molecule has 2 N–H and O–H groups in total. The Bertz CT molecular complexity index is 784. The molecule has 1 aromatic heterocycles. The van der Waals surface area contributed by atoms with Gasteiger partial charge in [-0.2, -0.15) is 4.80 Å². The van der Waals surface area contributed by atoms with E-state index in [9.17, 15) is 14.4 Å². The standard InChI is InChI=1S/C16H20N6O4/c1-10(2)17-16(25)18-13(23)9-26-14(24)8-22-20-15(19-21-22)12-6-4-11(3)5-7-12/h4-7,10H,8-9H2,1-3H3,(H2,17,18,23,25). The van der Waals surface area contributed by atoms with E-state index in [-0.39, 0.29) is 12.6 Å². The van der Waals surface area contributed by atoms with E-state index >= 15 is 0 Å². The summed E-state index contributed by atoms with van der Waals surface area (Å²) in [7, 11) is 0. The molecule has 0 aliphatic heterocycles. The van der Waals surface area contributed by atoms with Crippen LogP contribution in [0.1, 0.15) is 19.4 Å². The molecule has 0 aliphatic carbocycles. The average Bonchev–Trinajstić information content (AvgIpc) is 3.01. The summed E-state index contributed by atoms with van der Waals surface area (Å²) in [5.74, 6) is -1.08. The monoisotopic (exact) mass is 360 g/mol. The lowest BCUT2D eigenvalue weighted by atomic mass is 10.1. The molecule has 1 heterocycles. The first-order valence-electron chi connectivity index (χ1n) is 7.94. The van der Waals surface area contributed by atoms with Crippen LogP contribution in [0.4, 0.5) is 4.79 Å². The number of aryl methyl sites for hydroxylation is 1. The molecule has 0 aliphatic rings. The lowest BCUT2D eigenvalue weighted by molar-refractivity contribution is -0.149. The maximum absolute atomic E-state index is 11.7. The van der Waals surface area contributed by atoms with Gasteiger partial charge in [-0.05, 0) is 26.0 Å². The summed E-state index contributed by atoms with van der Waals surface area (Å²) in [6.45, 7) is 4.58. The number of nitrogens with one attached hydrogen (secondary N) is 2. The first-order chi connectivity index (χ1) is 12.3. The van der Waals surface area contributed by atoms with Crippen LogP contribution in [-0.4, -0.2) is 50.8 Å². The van der Waals surface area contributed by atoms with Crippen molar-refractivity contribution in [2.45, 2.75) is 33.4 Å². The molecule has 2 rings (SSSR count). The third kappa shape index (κ3) is 5.96. The summed E-state index contributed by atoms with van der Waals surface area (Å²) in [5.41, 5.74) is 1.87. The van der Waals surface area contributed by atoms with Crippen LogP contribution in [-0.2, 0) is 20.9 Å². The van der Waals surface area contributed by atoms with Crippen molar-refractivity contribution in [3.05, 3.63) is 29.8 Å². The van der Waals surface area contributed by atoms with E-state index < -0.39 is 24.5 Å². The Balaban J connectivity index is 1.80. The highest BCUT2D eigenvalue weighted by Gasteiger charge is 2.13. The van der Waals surface area contributed by atoms with Crippen LogP contribution in [0.25, 0.3) is 11.4 Å². The normalized spacial score (nSPS) is 10.5. The largest absolute Gasteiger partial charge is 0.454 e. The van der Waals surface area contributed by atoms with Crippen LogP contribution < -0.4 is 10.6 Å². The highest BCUT2D eigenvalue weighted by atomic mass is 16.5. The Morgan fingerprint density at radius 1 is 1.19 bits per heavy atom. The molecule has 2 aromatic rings. The number of aromatic nitrogens is 4. The number of benzene rings is 1. The van der Waals surface area contributed by atoms with Gasteiger partial charge in [0.25, 0.3) is 5.91 Å². The number of hydrogen-bond acceptors (Lipinski definition) is 7. The smallest absolute Gasteiger partial charge is 0.330 e. The number of amides is 3. The lowest BCUT2D eigenvalue weighted by Crippen LogP contribution is -2.44. The molecule has 0 atom stereocenters. The van der Waals surface area contributed by atoms with Crippen LogP contribution in [0.3, 0.4) is 0 Å². The Labute approximate surface area is 149 Å². The fourth-order valence-electron chi connectivity index (χ4n) is 1.90. The van der Waals surface area contributed by atoms with Crippen LogP contribution in [0, 0.1) is 6.92 Å². The first-order valence-corrected chi connectivity index (χ1v) is 7.94. The van der Waals surface area contributed by atoms with Gasteiger partial charge in [0.1, 0.15) is 0 Å². The third-order valence-corrected chi connectivity index (χ3v) is 3.07. The maximum Gasteiger partial charge on any atom is 0.330 e. The van der Waals surface area contributed by atoms with Crippen molar-refractivity contribution >= 4 is 17.9 Å². The highest BCUT2D eigenvalue weighted by Crippen LogP contribution is 2.13. The zero-order valence-electron chi connectivity index (χ0n) is 14.7. The van der Waals surface area contributed by atoms with E-state index in [0.29, 0.717) is 5.82 Å². The minimum atomic E-state index is -0.733. The van der Waals surface area contributed by atoms with Crippen LogP contribution in [0.5, 0.6) is 0 Å². The maximum atomic E-state index is 11.7. The molecule has 0 unspecified atom stereocenters. The Kier molecular flexibility index (Phi) is 6.36. The molecule has 0 saturated carbocycles. The number of carbonyl (C=O) groups excluding carboxylic acids is 3. The van der Waals surface area contributed by atoms with Gasteiger partial charge in [-0.3, -0.25) is 10.1 Å². The summed E-state index contributed by atoms with van der Waals surface area (Å²) in [4.78, 5) is 35.7. The number of nitrogens with zero attached hydrogens (tertiary/aromatic N) is 4. The molecule has 26 heavy (non-hydrogen) atoms. The molecular formula is C16H20N6O4. The summed E-state index contributed by atoms with van der Waals surface area (Å²) in [5, 5.41) is 16.3. The summed E-state index contributed by atoms with van der Waals surface area (Å²) in [6.07, 6.45) is 0. The summed E-state index contributed by atoms with van der Waals surface area (Å²) in [6, 6.07) is 6.76. The molecule has 3 amide bonds. The number of hydrogen-bond donors (Lipinski definition) is 2. The Hall–Kier alpha value is -3.30. The SMILES string of the molecule is Cc1ccc(-c2nnn(CC(=O)OCC(=O)NC(=O)NC(C)C)n2)cc1. The molecule has 0 bridgehead atoms.